The van der Waals surface area contributed by atoms with Crippen LogP contribution in [0, 0.1) is 17.7 Å². The number of halogens is 1. The molecule has 0 unspecified atom stereocenters. The molecule has 1 aliphatic carbocycles. The Morgan fingerprint density at radius 3 is 2.73 bits per heavy atom. The third-order valence-electron chi connectivity index (χ3n) is 5.17. The van der Waals surface area contributed by atoms with Gasteiger partial charge >= 0.3 is 5.97 Å². The number of hydrogen-bond donors (Lipinski definition) is 1. The Morgan fingerprint density at radius 2 is 2.04 bits per heavy atom. The summed E-state index contributed by atoms with van der Waals surface area (Å²) in [6.45, 7) is 2.30. The van der Waals surface area contributed by atoms with Crippen molar-refractivity contribution in [2.45, 2.75) is 38.2 Å². The van der Waals surface area contributed by atoms with Crippen LogP contribution in [0.15, 0.2) is 24.3 Å². The first kappa shape index (κ1) is 18.4. The van der Waals surface area contributed by atoms with Crippen LogP contribution in [0.4, 0.5) is 4.39 Å². The second-order valence-electron chi connectivity index (χ2n) is 7.08. The summed E-state index contributed by atoms with van der Waals surface area (Å²) in [6, 6.07) is 6.37. The van der Waals surface area contributed by atoms with Crippen LogP contribution in [0.25, 0.3) is 0 Å². The van der Waals surface area contributed by atoms with Crippen LogP contribution >= 0.6 is 0 Å². The van der Waals surface area contributed by atoms with Crippen molar-refractivity contribution < 1.29 is 23.5 Å². The number of carbonyl (C=O) groups excluding carboxylic acids is 3. The van der Waals surface area contributed by atoms with Crippen LogP contribution in [0.3, 0.4) is 0 Å². The van der Waals surface area contributed by atoms with Crippen molar-refractivity contribution >= 4 is 17.8 Å². The number of nitrogens with two attached hydrogens (primary N) is 1. The van der Waals surface area contributed by atoms with E-state index in [0.29, 0.717) is 31.4 Å². The van der Waals surface area contributed by atoms with E-state index in [1.165, 1.54) is 17.9 Å². The summed E-state index contributed by atoms with van der Waals surface area (Å²) in [5, 5.41) is 0. The normalized spacial score (nSPS) is 26.1. The molecule has 7 heteroatoms. The Morgan fingerprint density at radius 1 is 1.31 bits per heavy atom. The lowest BCUT2D eigenvalue weighted by Gasteiger charge is -2.32. The van der Waals surface area contributed by atoms with Gasteiger partial charge in [0.25, 0.3) is 5.91 Å². The molecule has 1 aromatic carbocycles. The fourth-order valence-electron chi connectivity index (χ4n) is 3.55. The predicted molar refractivity (Wildman–Crippen MR) is 91.3 cm³/mol. The van der Waals surface area contributed by atoms with Gasteiger partial charge in [-0.25, -0.2) is 4.39 Å². The van der Waals surface area contributed by atoms with E-state index in [9.17, 15) is 18.8 Å². The number of benzene rings is 1. The largest absolute Gasteiger partial charge is 0.452 e. The molecule has 1 saturated heterocycles. The van der Waals surface area contributed by atoms with Gasteiger partial charge in [0, 0.05) is 19.0 Å². The fourth-order valence-corrected chi connectivity index (χ4v) is 3.55. The Hall–Kier alpha value is -2.44. The van der Waals surface area contributed by atoms with Gasteiger partial charge in [-0.05, 0) is 37.8 Å². The minimum atomic E-state index is -0.934. The van der Waals surface area contributed by atoms with Gasteiger partial charge in [0.1, 0.15) is 5.82 Å². The van der Waals surface area contributed by atoms with E-state index >= 15 is 0 Å². The molecule has 4 atom stereocenters. The summed E-state index contributed by atoms with van der Waals surface area (Å²) in [7, 11) is 0. The molecule has 1 aromatic rings. The number of primary amides is 1. The fraction of sp³-hybridized carbons (Fsp3) is 0.526. The van der Waals surface area contributed by atoms with Gasteiger partial charge in [-0.1, -0.05) is 18.2 Å². The zero-order valence-corrected chi connectivity index (χ0v) is 14.7. The summed E-state index contributed by atoms with van der Waals surface area (Å²) < 4.78 is 19.1. The molecule has 2 N–H and O–H groups in total. The van der Waals surface area contributed by atoms with Crippen molar-refractivity contribution in [2.24, 2.45) is 17.6 Å². The molecule has 2 amide bonds. The van der Waals surface area contributed by atoms with Crippen LogP contribution in [-0.4, -0.2) is 41.9 Å². The number of hydrogen-bond acceptors (Lipinski definition) is 4. The highest BCUT2D eigenvalue weighted by Crippen LogP contribution is 2.49. The molecule has 26 heavy (non-hydrogen) atoms. The Kier molecular flexibility index (Phi) is 5.25. The van der Waals surface area contributed by atoms with Gasteiger partial charge in [-0.2, -0.15) is 0 Å². The monoisotopic (exact) mass is 362 g/mol. The quantitative estimate of drug-likeness (QED) is 0.806. The molecule has 0 spiro atoms. The minimum absolute atomic E-state index is 0.194. The Labute approximate surface area is 151 Å². The highest BCUT2D eigenvalue weighted by atomic mass is 19.1. The third-order valence-corrected chi connectivity index (χ3v) is 5.17. The van der Waals surface area contributed by atoms with Gasteiger partial charge in [0.2, 0.25) is 5.91 Å². The van der Waals surface area contributed by atoms with E-state index in [2.05, 4.69) is 0 Å². The van der Waals surface area contributed by atoms with Crippen molar-refractivity contribution in [3.8, 4) is 0 Å². The van der Waals surface area contributed by atoms with Crippen LogP contribution in [0.5, 0.6) is 0 Å². The lowest BCUT2D eigenvalue weighted by atomic mass is 9.97. The van der Waals surface area contributed by atoms with Crippen LogP contribution < -0.4 is 5.73 Å². The van der Waals surface area contributed by atoms with E-state index in [1.807, 2.05) is 0 Å². The van der Waals surface area contributed by atoms with Crippen molar-refractivity contribution in [2.75, 3.05) is 13.1 Å². The number of amides is 2. The number of esters is 1. The topological polar surface area (TPSA) is 89.7 Å². The second-order valence-corrected chi connectivity index (χ2v) is 7.08. The summed E-state index contributed by atoms with van der Waals surface area (Å²) in [5.41, 5.74) is 5.83. The average Bonchev–Trinajstić information content (AvgIpc) is 3.42. The van der Waals surface area contributed by atoms with Crippen molar-refractivity contribution in [1.82, 2.24) is 4.90 Å². The summed E-state index contributed by atoms with van der Waals surface area (Å²) in [5.74, 6) is -2.53. The first-order valence-corrected chi connectivity index (χ1v) is 8.91. The lowest BCUT2D eigenvalue weighted by molar-refractivity contribution is -0.161. The first-order valence-electron chi connectivity index (χ1n) is 8.91. The summed E-state index contributed by atoms with van der Waals surface area (Å²) >= 11 is 0. The first-order chi connectivity index (χ1) is 12.4. The number of likely N-dealkylation sites (tertiary alicyclic amines) is 1. The maximum atomic E-state index is 13.8. The molecular weight excluding hydrogens is 339 g/mol. The Bertz CT molecular complexity index is 723. The van der Waals surface area contributed by atoms with E-state index in [0.717, 1.165) is 0 Å². The van der Waals surface area contributed by atoms with E-state index < -0.39 is 23.9 Å². The number of ether oxygens (including phenoxy) is 1. The zero-order chi connectivity index (χ0) is 18.8. The van der Waals surface area contributed by atoms with Gasteiger partial charge < -0.3 is 15.4 Å². The van der Waals surface area contributed by atoms with Gasteiger partial charge in [-0.15, -0.1) is 0 Å². The molecule has 0 aromatic heterocycles. The van der Waals surface area contributed by atoms with Crippen LogP contribution in [0.1, 0.15) is 37.7 Å². The van der Waals surface area contributed by atoms with Crippen molar-refractivity contribution in [3.05, 3.63) is 35.6 Å². The molecule has 0 bridgehead atoms. The molecule has 140 valence electrons. The smallest absolute Gasteiger partial charge is 0.310 e. The average molecular weight is 362 g/mol. The molecular formula is C19H23FN2O4. The van der Waals surface area contributed by atoms with Gasteiger partial charge in [0.15, 0.2) is 6.10 Å². The molecule has 2 fully saturated rings. The highest BCUT2D eigenvalue weighted by Gasteiger charge is 2.47. The van der Waals surface area contributed by atoms with Crippen molar-refractivity contribution in [3.63, 3.8) is 0 Å². The van der Waals surface area contributed by atoms with Gasteiger partial charge in [-0.3, -0.25) is 14.4 Å². The summed E-state index contributed by atoms with van der Waals surface area (Å²) in [4.78, 5) is 37.6. The minimum Gasteiger partial charge on any atom is -0.452 e. The maximum Gasteiger partial charge on any atom is 0.310 e. The van der Waals surface area contributed by atoms with Crippen molar-refractivity contribution in [1.29, 1.82) is 0 Å². The highest BCUT2D eigenvalue weighted by molar-refractivity contribution is 5.86. The van der Waals surface area contributed by atoms with E-state index in [-0.39, 0.29) is 30.1 Å². The number of nitrogens with zero attached hydrogens (tertiary/aromatic N) is 1. The molecule has 2 aliphatic rings. The molecule has 1 saturated carbocycles. The molecule has 6 nitrogen and oxygen atoms in total. The number of piperidine rings is 1. The number of rotatable bonds is 5. The molecule has 1 aliphatic heterocycles. The Balaban J connectivity index is 1.54. The molecule has 1 heterocycles. The predicted octanol–water partition coefficient (Wildman–Crippen LogP) is 1.58. The standard InChI is InChI=1S/C19H23FN2O4/c1-11(18(24)22-8-4-5-12(10-22)17(21)23)26-19(25)15-9-14(15)13-6-2-3-7-16(13)20/h2-3,6-7,11-12,14-15H,4-5,8-10H2,1H3,(H2,21,23)/t11-,12-,14+,15+/m0/s1. The van der Waals surface area contributed by atoms with Crippen LogP contribution in [-0.2, 0) is 19.1 Å². The SMILES string of the molecule is C[C@H](OC(=O)[C@@H]1C[C@@H]1c1ccccc1F)C(=O)N1CCC[C@H](C(N)=O)C1. The van der Waals surface area contributed by atoms with Gasteiger partial charge in [0.05, 0.1) is 11.8 Å². The molecule has 0 radical (unpaired) electrons. The van der Waals surface area contributed by atoms with E-state index in [4.69, 9.17) is 10.5 Å². The zero-order valence-electron chi connectivity index (χ0n) is 14.7. The lowest BCUT2D eigenvalue weighted by Crippen LogP contribution is -2.48. The number of carbonyl (C=O) groups is 3. The molecule has 3 rings (SSSR count). The third kappa shape index (κ3) is 3.86. The van der Waals surface area contributed by atoms with Crippen LogP contribution in [0.2, 0.25) is 0 Å². The van der Waals surface area contributed by atoms with E-state index in [1.54, 1.807) is 18.2 Å². The summed E-state index contributed by atoms with van der Waals surface area (Å²) in [6.07, 6.45) is 0.947. The maximum absolute atomic E-state index is 13.8. The second kappa shape index (κ2) is 7.43.